The van der Waals surface area contributed by atoms with Crippen LogP contribution in [-0.4, -0.2) is 12.1 Å². The molecule has 0 radical (unpaired) electrons. The number of carbonyl (C=O) groups excluding carboxylic acids is 1. The van der Waals surface area contributed by atoms with E-state index in [0.29, 0.717) is 0 Å². The molecule has 0 amide bonds. The zero-order valence-electron chi connectivity index (χ0n) is 7.86. The van der Waals surface area contributed by atoms with Gasteiger partial charge in [-0.05, 0) is 18.6 Å². The lowest BCUT2D eigenvalue weighted by molar-refractivity contribution is -0.182. The van der Waals surface area contributed by atoms with E-state index in [9.17, 15) is 4.79 Å². The first kappa shape index (κ1) is 7.80. The van der Waals surface area contributed by atoms with Crippen LogP contribution in [0, 0.1) is 6.92 Å². The van der Waals surface area contributed by atoms with Crippen molar-refractivity contribution >= 4 is 5.97 Å². The van der Waals surface area contributed by atoms with Crippen LogP contribution >= 0.6 is 0 Å². The molecule has 2 atom stereocenters. The summed E-state index contributed by atoms with van der Waals surface area (Å²) in [5, 5.41) is 0. The summed E-state index contributed by atoms with van der Waals surface area (Å²) in [6, 6.07) is 8.07. The van der Waals surface area contributed by atoms with Crippen LogP contribution in [0.4, 0.5) is 0 Å². The molecule has 1 aliphatic heterocycles. The van der Waals surface area contributed by atoms with E-state index in [4.69, 9.17) is 4.74 Å². The van der Waals surface area contributed by atoms with Crippen molar-refractivity contribution < 1.29 is 9.53 Å². The van der Waals surface area contributed by atoms with Gasteiger partial charge >= 0.3 is 5.97 Å². The Morgan fingerprint density at radius 3 is 2.43 bits per heavy atom. The van der Waals surface area contributed by atoms with Crippen molar-refractivity contribution in [1.29, 1.82) is 0 Å². The number of fused-ring (bicyclic) bond motifs is 1. The molecule has 0 N–H and O–H groups in total. The molecule has 2 nitrogen and oxygen atoms in total. The standard InChI is InChI=1S/C12H10O2/c1-8-2-4-9(5-3-8)12-7-6-10(12)14-11(12)13/h2-7,10H,1H3/t10-,12-/m0/s1. The molecule has 1 aromatic rings. The van der Waals surface area contributed by atoms with E-state index in [1.165, 1.54) is 5.56 Å². The van der Waals surface area contributed by atoms with Crippen LogP contribution in [0.25, 0.3) is 0 Å². The molecule has 0 saturated carbocycles. The van der Waals surface area contributed by atoms with Gasteiger partial charge in [-0.25, -0.2) is 0 Å². The minimum Gasteiger partial charge on any atom is -0.455 e. The molecule has 1 saturated heterocycles. The Morgan fingerprint density at radius 1 is 1.29 bits per heavy atom. The fraction of sp³-hybridized carbons (Fsp3) is 0.250. The maximum Gasteiger partial charge on any atom is 0.325 e. The molecule has 1 aliphatic carbocycles. The second-order valence-electron chi connectivity index (χ2n) is 3.92. The SMILES string of the molecule is Cc1ccc([C@@]23C=C[C@@H]2OC3=O)cc1. The molecule has 2 heteroatoms. The number of hydrogen-bond donors (Lipinski definition) is 0. The third-order valence-electron chi connectivity index (χ3n) is 3.08. The fourth-order valence-corrected chi connectivity index (χ4v) is 2.05. The molecule has 0 spiro atoms. The molecule has 0 unspecified atom stereocenters. The molecular weight excluding hydrogens is 176 g/mol. The number of hydrogen-bond acceptors (Lipinski definition) is 2. The highest BCUT2D eigenvalue weighted by Gasteiger charge is 2.61. The number of carbonyl (C=O) groups is 1. The Hall–Kier alpha value is -1.57. The summed E-state index contributed by atoms with van der Waals surface area (Å²) >= 11 is 0. The maximum absolute atomic E-state index is 11.4. The monoisotopic (exact) mass is 186 g/mol. The second-order valence-corrected chi connectivity index (χ2v) is 3.92. The van der Waals surface area contributed by atoms with Crippen LogP contribution in [0.1, 0.15) is 11.1 Å². The lowest BCUT2D eigenvalue weighted by atomic mass is 9.64. The lowest BCUT2D eigenvalue weighted by Crippen LogP contribution is -2.62. The molecule has 0 aromatic heterocycles. The summed E-state index contributed by atoms with van der Waals surface area (Å²) in [4.78, 5) is 11.4. The molecule has 1 heterocycles. The Balaban J connectivity index is 2.07. The van der Waals surface area contributed by atoms with E-state index in [1.54, 1.807) is 0 Å². The number of ether oxygens (including phenoxy) is 1. The number of esters is 1. The summed E-state index contributed by atoms with van der Waals surface area (Å²) < 4.78 is 5.00. The first-order valence-corrected chi connectivity index (χ1v) is 4.71. The smallest absolute Gasteiger partial charge is 0.325 e. The van der Waals surface area contributed by atoms with E-state index in [2.05, 4.69) is 0 Å². The highest BCUT2D eigenvalue weighted by molar-refractivity contribution is 5.95. The van der Waals surface area contributed by atoms with Crippen LogP contribution in [0.5, 0.6) is 0 Å². The van der Waals surface area contributed by atoms with Gasteiger partial charge in [0, 0.05) is 0 Å². The normalized spacial score (nSPS) is 32.6. The Kier molecular flexibility index (Phi) is 1.26. The summed E-state index contributed by atoms with van der Waals surface area (Å²) in [5.74, 6) is -0.117. The topological polar surface area (TPSA) is 26.3 Å². The van der Waals surface area contributed by atoms with Crippen LogP contribution in [0.15, 0.2) is 36.4 Å². The van der Waals surface area contributed by atoms with E-state index in [0.717, 1.165) is 5.56 Å². The molecule has 14 heavy (non-hydrogen) atoms. The highest BCUT2D eigenvalue weighted by atomic mass is 16.6. The average molecular weight is 186 g/mol. The van der Waals surface area contributed by atoms with Crippen LogP contribution < -0.4 is 0 Å². The summed E-state index contributed by atoms with van der Waals surface area (Å²) in [7, 11) is 0. The van der Waals surface area contributed by atoms with Crippen molar-refractivity contribution in [2.45, 2.75) is 18.4 Å². The van der Waals surface area contributed by atoms with Crippen LogP contribution in [0.2, 0.25) is 0 Å². The number of benzene rings is 1. The zero-order chi connectivity index (χ0) is 9.76. The van der Waals surface area contributed by atoms with Crippen molar-refractivity contribution in [3.8, 4) is 0 Å². The van der Waals surface area contributed by atoms with Crippen molar-refractivity contribution in [1.82, 2.24) is 0 Å². The van der Waals surface area contributed by atoms with E-state index < -0.39 is 5.41 Å². The zero-order valence-corrected chi connectivity index (χ0v) is 7.86. The highest BCUT2D eigenvalue weighted by Crippen LogP contribution is 2.48. The molecule has 1 fully saturated rings. The van der Waals surface area contributed by atoms with E-state index >= 15 is 0 Å². The van der Waals surface area contributed by atoms with Gasteiger partial charge in [0.1, 0.15) is 6.10 Å². The minimum atomic E-state index is -0.437. The molecular formula is C12H10O2. The molecule has 0 bridgehead atoms. The number of rotatable bonds is 1. The largest absolute Gasteiger partial charge is 0.455 e. The maximum atomic E-state index is 11.4. The predicted octanol–water partition coefficient (Wildman–Crippen LogP) is 1.73. The summed E-state index contributed by atoms with van der Waals surface area (Å²) in [5.41, 5.74) is 1.82. The first-order valence-electron chi connectivity index (χ1n) is 4.71. The fourth-order valence-electron chi connectivity index (χ4n) is 2.05. The quantitative estimate of drug-likeness (QED) is 0.493. The van der Waals surface area contributed by atoms with Gasteiger partial charge in [0.2, 0.25) is 0 Å². The van der Waals surface area contributed by atoms with Crippen molar-refractivity contribution in [3.63, 3.8) is 0 Å². The third kappa shape index (κ3) is 0.699. The molecule has 2 aliphatic rings. The first-order chi connectivity index (χ1) is 6.73. The van der Waals surface area contributed by atoms with Crippen molar-refractivity contribution in [2.24, 2.45) is 0 Å². The lowest BCUT2D eigenvalue weighted by Gasteiger charge is -2.49. The van der Waals surface area contributed by atoms with E-state index in [1.807, 2.05) is 43.3 Å². The van der Waals surface area contributed by atoms with Crippen molar-refractivity contribution in [3.05, 3.63) is 47.5 Å². The molecule has 70 valence electrons. The summed E-state index contributed by atoms with van der Waals surface area (Å²) in [6.45, 7) is 2.04. The van der Waals surface area contributed by atoms with Gasteiger partial charge in [0.15, 0.2) is 5.41 Å². The minimum absolute atomic E-state index is 0.0160. The van der Waals surface area contributed by atoms with Crippen LogP contribution in [0.3, 0.4) is 0 Å². The predicted molar refractivity (Wildman–Crippen MR) is 51.9 cm³/mol. The van der Waals surface area contributed by atoms with Gasteiger partial charge in [0.05, 0.1) is 0 Å². The van der Waals surface area contributed by atoms with Gasteiger partial charge in [-0.15, -0.1) is 0 Å². The third-order valence-corrected chi connectivity index (χ3v) is 3.08. The average Bonchev–Trinajstić information content (AvgIpc) is 2.17. The number of aryl methyl sites for hydroxylation is 1. The van der Waals surface area contributed by atoms with E-state index in [-0.39, 0.29) is 12.1 Å². The van der Waals surface area contributed by atoms with Gasteiger partial charge in [0.25, 0.3) is 0 Å². The second kappa shape index (κ2) is 2.27. The van der Waals surface area contributed by atoms with Crippen molar-refractivity contribution in [2.75, 3.05) is 0 Å². The van der Waals surface area contributed by atoms with Crippen LogP contribution in [-0.2, 0) is 14.9 Å². The Labute approximate surface area is 82.2 Å². The molecule has 1 aromatic carbocycles. The summed E-state index contributed by atoms with van der Waals surface area (Å²) in [6.07, 6.45) is 3.85. The van der Waals surface area contributed by atoms with Gasteiger partial charge in [-0.1, -0.05) is 35.9 Å². The van der Waals surface area contributed by atoms with Gasteiger partial charge < -0.3 is 4.74 Å². The molecule has 3 rings (SSSR count). The van der Waals surface area contributed by atoms with Gasteiger partial charge in [-0.3, -0.25) is 4.79 Å². The Bertz CT molecular complexity index is 430. The van der Waals surface area contributed by atoms with Gasteiger partial charge in [-0.2, -0.15) is 0 Å². The Morgan fingerprint density at radius 2 is 2.00 bits per heavy atom.